The van der Waals surface area contributed by atoms with Crippen LogP contribution in [0.5, 0.6) is 0 Å². The molecule has 2 atom stereocenters. The number of nitrogens with one attached hydrogen (secondary N) is 1. The lowest BCUT2D eigenvalue weighted by molar-refractivity contribution is -0.151. The number of pyridine rings is 1. The van der Waals surface area contributed by atoms with Crippen molar-refractivity contribution in [2.24, 2.45) is 5.73 Å². The smallest absolute Gasteiger partial charge is 0.300 e. The van der Waals surface area contributed by atoms with Crippen molar-refractivity contribution in [2.45, 2.75) is 29.4 Å². The first-order chi connectivity index (χ1) is 18.1. The minimum absolute atomic E-state index is 0.0155. The third-order valence-corrected chi connectivity index (χ3v) is 9.11. The van der Waals surface area contributed by atoms with E-state index in [-0.39, 0.29) is 79.1 Å². The van der Waals surface area contributed by atoms with Gasteiger partial charge in [-0.2, -0.15) is 13.1 Å². The van der Waals surface area contributed by atoms with Gasteiger partial charge in [-0.3, -0.25) is 4.79 Å². The lowest BCUT2D eigenvalue weighted by atomic mass is 10.0. The Morgan fingerprint density at radius 1 is 1.13 bits per heavy atom. The Morgan fingerprint density at radius 3 is 2.45 bits per heavy atom. The zero-order chi connectivity index (χ0) is 27.1. The molecule has 0 saturated carbocycles. The number of anilines is 2. The number of aromatic nitrogens is 1. The number of nitrogens with zero attached hydrogens (tertiary/aromatic N) is 4. The van der Waals surface area contributed by atoms with Gasteiger partial charge in [0.15, 0.2) is 0 Å². The number of piperazine rings is 1. The van der Waals surface area contributed by atoms with Gasteiger partial charge >= 0.3 is 0 Å². The second-order valence-electron chi connectivity index (χ2n) is 9.58. The fourth-order valence-electron chi connectivity index (χ4n) is 4.91. The molecule has 10 nitrogen and oxygen atoms in total. The highest BCUT2D eigenvalue weighted by Gasteiger charge is 2.44. The fraction of sp³-hybridized carbons (Fsp3) is 0.500. The molecule has 0 bridgehead atoms. The average Bonchev–Trinajstić information content (AvgIpc) is 3.26. The van der Waals surface area contributed by atoms with E-state index in [1.165, 1.54) is 22.5 Å². The van der Waals surface area contributed by atoms with E-state index in [0.717, 1.165) is 6.07 Å². The van der Waals surface area contributed by atoms with E-state index in [0.29, 0.717) is 18.8 Å². The molecule has 0 aliphatic carbocycles. The Balaban J connectivity index is 1.27. The zero-order valence-corrected chi connectivity index (χ0v) is 22.1. The van der Waals surface area contributed by atoms with Crippen LogP contribution in [-0.4, -0.2) is 88.2 Å². The standard InChI is InChI=1S/C24H29ClF2N6O4S/c25-21-11-16(24(26,27)20-14-29-5-10-37-20)12-22(30-21)31-6-8-32(9-7-31)38(35,36)19-3-1-18(2-4-19)33-15-17(28)13-23(33)34/h1-4,11-12,17,20,29H,5-10,13-15,28H2/t17-,20+/m1/s1. The first kappa shape index (κ1) is 27.2. The van der Waals surface area contributed by atoms with E-state index >= 15 is 8.78 Å². The Morgan fingerprint density at radius 2 is 1.84 bits per heavy atom. The maximum absolute atomic E-state index is 15.2. The van der Waals surface area contributed by atoms with E-state index in [1.807, 2.05) is 0 Å². The van der Waals surface area contributed by atoms with Crippen molar-refractivity contribution in [3.05, 3.63) is 47.1 Å². The van der Waals surface area contributed by atoms with E-state index in [1.54, 1.807) is 21.9 Å². The minimum Gasteiger partial charge on any atom is -0.369 e. The van der Waals surface area contributed by atoms with Crippen molar-refractivity contribution in [1.29, 1.82) is 0 Å². The zero-order valence-electron chi connectivity index (χ0n) is 20.5. The summed E-state index contributed by atoms with van der Waals surface area (Å²) in [4.78, 5) is 19.7. The van der Waals surface area contributed by atoms with Crippen molar-refractivity contribution in [1.82, 2.24) is 14.6 Å². The summed E-state index contributed by atoms with van der Waals surface area (Å²) in [6.07, 6.45) is -1.06. The number of benzene rings is 1. The molecule has 3 N–H and O–H groups in total. The van der Waals surface area contributed by atoms with Crippen LogP contribution < -0.4 is 20.9 Å². The Kier molecular flexibility index (Phi) is 7.59. The number of alkyl halides is 2. The highest BCUT2D eigenvalue weighted by molar-refractivity contribution is 7.89. The molecule has 0 unspecified atom stereocenters. The number of morpholine rings is 1. The van der Waals surface area contributed by atoms with Crippen molar-refractivity contribution in [2.75, 3.05) is 62.2 Å². The number of halogens is 3. The van der Waals surface area contributed by atoms with E-state index in [9.17, 15) is 13.2 Å². The molecule has 4 heterocycles. The summed E-state index contributed by atoms with van der Waals surface area (Å²) < 4.78 is 63.4. The van der Waals surface area contributed by atoms with Gasteiger partial charge in [0.2, 0.25) is 15.9 Å². The number of ether oxygens (including phenoxy) is 1. The highest BCUT2D eigenvalue weighted by atomic mass is 35.5. The second kappa shape index (κ2) is 10.6. The Labute approximate surface area is 224 Å². The fourth-order valence-corrected chi connectivity index (χ4v) is 6.54. The molecule has 1 amide bonds. The van der Waals surface area contributed by atoms with Crippen LogP contribution in [0.15, 0.2) is 41.3 Å². The summed E-state index contributed by atoms with van der Waals surface area (Å²) in [7, 11) is -3.80. The largest absolute Gasteiger partial charge is 0.369 e. The van der Waals surface area contributed by atoms with Crippen molar-refractivity contribution in [3.8, 4) is 0 Å². The van der Waals surface area contributed by atoms with Crippen LogP contribution in [0.3, 0.4) is 0 Å². The van der Waals surface area contributed by atoms with Crippen molar-refractivity contribution < 1.29 is 26.7 Å². The lowest BCUT2D eigenvalue weighted by Crippen LogP contribution is -2.49. The third kappa shape index (κ3) is 5.36. The molecule has 1 aromatic carbocycles. The summed E-state index contributed by atoms with van der Waals surface area (Å²) in [6.45, 7) is 1.88. The summed E-state index contributed by atoms with van der Waals surface area (Å²) in [6, 6.07) is 8.34. The van der Waals surface area contributed by atoms with Gasteiger partial charge in [-0.1, -0.05) is 11.6 Å². The van der Waals surface area contributed by atoms with Crippen LogP contribution in [0.2, 0.25) is 5.15 Å². The number of carbonyl (C=O) groups is 1. The van der Waals surface area contributed by atoms with Gasteiger partial charge in [0.25, 0.3) is 5.92 Å². The Hall–Kier alpha value is -2.42. The van der Waals surface area contributed by atoms with E-state index in [2.05, 4.69) is 10.3 Å². The number of hydrogen-bond acceptors (Lipinski definition) is 8. The first-order valence-corrected chi connectivity index (χ1v) is 14.2. The van der Waals surface area contributed by atoms with Crippen LogP contribution in [0.1, 0.15) is 12.0 Å². The normalized spacial score (nSPS) is 23.7. The van der Waals surface area contributed by atoms with Crippen LogP contribution in [0.4, 0.5) is 20.3 Å². The summed E-state index contributed by atoms with van der Waals surface area (Å²) in [5.41, 5.74) is 6.15. The third-order valence-electron chi connectivity index (χ3n) is 7.00. The quantitative estimate of drug-likeness (QED) is 0.500. The summed E-state index contributed by atoms with van der Waals surface area (Å²) >= 11 is 6.11. The molecule has 3 saturated heterocycles. The number of sulfonamides is 1. The van der Waals surface area contributed by atoms with E-state index < -0.39 is 22.0 Å². The molecule has 2 aromatic rings. The predicted octanol–water partition coefficient (Wildman–Crippen LogP) is 1.39. The van der Waals surface area contributed by atoms with Crippen LogP contribution in [-0.2, 0) is 25.5 Å². The molecule has 3 aliphatic rings. The number of carbonyl (C=O) groups excluding carboxylic acids is 1. The van der Waals surface area contributed by atoms with Crippen LogP contribution in [0, 0.1) is 0 Å². The molecule has 3 fully saturated rings. The molecular weight excluding hydrogens is 542 g/mol. The number of hydrogen-bond donors (Lipinski definition) is 2. The number of rotatable bonds is 6. The maximum atomic E-state index is 15.2. The van der Waals surface area contributed by atoms with Gasteiger partial charge in [-0.25, -0.2) is 13.4 Å². The highest BCUT2D eigenvalue weighted by Crippen LogP contribution is 2.37. The minimum atomic E-state index is -3.80. The maximum Gasteiger partial charge on any atom is 0.300 e. The van der Waals surface area contributed by atoms with Crippen molar-refractivity contribution >= 4 is 39.0 Å². The van der Waals surface area contributed by atoms with Gasteiger partial charge < -0.3 is 25.6 Å². The van der Waals surface area contributed by atoms with Crippen LogP contribution in [0.25, 0.3) is 0 Å². The van der Waals surface area contributed by atoms with Crippen LogP contribution >= 0.6 is 11.6 Å². The molecule has 0 spiro atoms. The van der Waals surface area contributed by atoms with Gasteiger partial charge in [-0.15, -0.1) is 0 Å². The predicted molar refractivity (Wildman–Crippen MR) is 138 cm³/mol. The van der Waals surface area contributed by atoms with E-state index in [4.69, 9.17) is 22.1 Å². The number of nitrogens with two attached hydrogens (primary N) is 1. The molecule has 0 radical (unpaired) electrons. The molecule has 3 aliphatic heterocycles. The summed E-state index contributed by atoms with van der Waals surface area (Å²) in [5.74, 6) is -3.12. The van der Waals surface area contributed by atoms with Gasteiger partial charge in [-0.05, 0) is 36.4 Å². The molecule has 5 rings (SSSR count). The van der Waals surface area contributed by atoms with Gasteiger partial charge in [0.1, 0.15) is 17.1 Å². The number of amides is 1. The SMILES string of the molecule is N[C@@H]1CC(=O)N(c2ccc(S(=O)(=O)N3CCN(c4cc(C(F)(F)[C@@H]5CNCCO5)cc(Cl)n4)CC3)cc2)C1. The molecule has 14 heteroatoms. The van der Waals surface area contributed by atoms with Gasteiger partial charge in [0.05, 0.1) is 11.5 Å². The second-order valence-corrected chi connectivity index (χ2v) is 11.9. The summed E-state index contributed by atoms with van der Waals surface area (Å²) in [5, 5.41) is 2.83. The topological polar surface area (TPSA) is 121 Å². The molecule has 1 aromatic heterocycles. The van der Waals surface area contributed by atoms with Gasteiger partial charge in [0, 0.05) is 69.5 Å². The lowest BCUT2D eigenvalue weighted by Gasteiger charge is -2.35. The molecule has 38 heavy (non-hydrogen) atoms. The molecular formula is C24H29ClF2N6O4S. The molecule has 206 valence electrons. The average molecular weight is 571 g/mol. The van der Waals surface area contributed by atoms with Crippen molar-refractivity contribution in [3.63, 3.8) is 0 Å². The first-order valence-electron chi connectivity index (χ1n) is 12.3. The Bertz CT molecular complexity index is 1290. The monoisotopic (exact) mass is 570 g/mol.